The Morgan fingerprint density at radius 3 is 2.06 bits per heavy atom. The Kier molecular flexibility index (Phi) is 9.66. The molecule has 0 fully saturated rings. The van der Waals surface area contributed by atoms with Crippen LogP contribution in [0.1, 0.15) is 30.9 Å². The lowest BCUT2D eigenvalue weighted by molar-refractivity contribution is -0.119. The van der Waals surface area contributed by atoms with Crippen molar-refractivity contribution >= 4 is 45.0 Å². The van der Waals surface area contributed by atoms with E-state index in [9.17, 15) is 4.79 Å². The highest BCUT2D eigenvalue weighted by Crippen LogP contribution is 2.34. The first-order valence-corrected chi connectivity index (χ1v) is 12.5. The number of thiazole rings is 1. The first-order valence-electron chi connectivity index (χ1n) is 11.7. The molecule has 0 bridgehead atoms. The first-order chi connectivity index (χ1) is 16.6. The van der Waals surface area contributed by atoms with Crippen molar-refractivity contribution < 1.29 is 9.53 Å². The number of hydrogen-bond donors (Lipinski definition) is 0. The number of ether oxygens (including phenoxy) is 1. The van der Waals surface area contributed by atoms with E-state index in [4.69, 9.17) is 9.72 Å². The van der Waals surface area contributed by atoms with Crippen LogP contribution < -0.4 is 9.64 Å². The molecule has 4 rings (SSSR count). The van der Waals surface area contributed by atoms with Crippen LogP contribution in [0.5, 0.6) is 5.75 Å². The van der Waals surface area contributed by atoms with E-state index >= 15 is 0 Å². The number of nitrogens with zero attached hydrogens (tertiary/aromatic N) is 3. The zero-order chi connectivity index (χ0) is 23.9. The lowest BCUT2D eigenvalue weighted by atomic mass is 9.90. The van der Waals surface area contributed by atoms with Gasteiger partial charge in [0.25, 0.3) is 0 Å². The van der Waals surface area contributed by atoms with E-state index in [1.807, 2.05) is 83.8 Å². The second-order valence-corrected chi connectivity index (χ2v) is 9.11. The van der Waals surface area contributed by atoms with Gasteiger partial charge in [-0.15, -0.1) is 12.4 Å². The van der Waals surface area contributed by atoms with Crippen molar-refractivity contribution in [2.24, 2.45) is 0 Å². The van der Waals surface area contributed by atoms with Crippen molar-refractivity contribution in [3.05, 3.63) is 90.0 Å². The van der Waals surface area contributed by atoms with E-state index in [2.05, 4.69) is 18.7 Å². The van der Waals surface area contributed by atoms with Gasteiger partial charge in [-0.05, 0) is 36.3 Å². The summed E-state index contributed by atoms with van der Waals surface area (Å²) in [6, 6.07) is 25.9. The molecule has 7 heteroatoms. The highest BCUT2D eigenvalue weighted by Gasteiger charge is 2.30. The SMILES string of the molecule is CCN(CC)CCN(C(=O)C(c1ccccc1)c1ccccc1)c1nc2cc(OC)ccc2s1.Cl. The Morgan fingerprint density at radius 1 is 0.914 bits per heavy atom. The maximum absolute atomic E-state index is 14.3. The van der Waals surface area contributed by atoms with Gasteiger partial charge in [0, 0.05) is 19.2 Å². The number of halogens is 1. The summed E-state index contributed by atoms with van der Waals surface area (Å²) in [4.78, 5) is 23.4. The van der Waals surface area contributed by atoms with E-state index in [0.717, 1.165) is 51.9 Å². The van der Waals surface area contributed by atoms with Gasteiger partial charge in [0.05, 0.1) is 23.2 Å². The predicted molar refractivity (Wildman–Crippen MR) is 148 cm³/mol. The second kappa shape index (κ2) is 12.7. The molecule has 0 unspecified atom stereocenters. The molecule has 0 aliphatic carbocycles. The minimum Gasteiger partial charge on any atom is -0.497 e. The third kappa shape index (κ3) is 6.20. The van der Waals surface area contributed by atoms with Gasteiger partial charge < -0.3 is 9.64 Å². The molecule has 1 aromatic heterocycles. The molecule has 1 amide bonds. The molecule has 0 radical (unpaired) electrons. The fraction of sp³-hybridized carbons (Fsp3) is 0.286. The third-order valence-electron chi connectivity index (χ3n) is 6.13. The Morgan fingerprint density at radius 2 is 1.51 bits per heavy atom. The zero-order valence-corrected chi connectivity index (χ0v) is 22.0. The van der Waals surface area contributed by atoms with Gasteiger partial charge in [-0.1, -0.05) is 85.8 Å². The van der Waals surface area contributed by atoms with Crippen LogP contribution >= 0.6 is 23.7 Å². The Bertz CT molecular complexity index is 1170. The number of amides is 1. The molecule has 4 aromatic rings. The molecular weight excluding hydrogens is 478 g/mol. The van der Waals surface area contributed by atoms with Crippen molar-refractivity contribution in [3.63, 3.8) is 0 Å². The van der Waals surface area contributed by atoms with Crippen LogP contribution in [0.25, 0.3) is 10.2 Å². The zero-order valence-electron chi connectivity index (χ0n) is 20.4. The molecule has 3 aromatic carbocycles. The highest BCUT2D eigenvalue weighted by atomic mass is 35.5. The number of fused-ring (bicyclic) bond motifs is 1. The normalized spacial score (nSPS) is 11.0. The summed E-state index contributed by atoms with van der Waals surface area (Å²) in [7, 11) is 1.65. The topological polar surface area (TPSA) is 45.7 Å². The number of carbonyl (C=O) groups excluding carboxylic acids is 1. The lowest BCUT2D eigenvalue weighted by Gasteiger charge is -2.28. The van der Waals surface area contributed by atoms with Crippen LogP contribution in [-0.2, 0) is 4.79 Å². The smallest absolute Gasteiger partial charge is 0.240 e. The number of methoxy groups -OCH3 is 1. The van der Waals surface area contributed by atoms with Crippen LogP contribution in [0.15, 0.2) is 78.9 Å². The minimum absolute atomic E-state index is 0. The summed E-state index contributed by atoms with van der Waals surface area (Å²) in [6.45, 7) is 7.54. The van der Waals surface area contributed by atoms with Crippen molar-refractivity contribution in [2.45, 2.75) is 19.8 Å². The summed E-state index contributed by atoms with van der Waals surface area (Å²) in [5.74, 6) is 0.396. The Hall–Kier alpha value is -2.93. The largest absolute Gasteiger partial charge is 0.497 e. The average Bonchev–Trinajstić information content (AvgIpc) is 3.31. The minimum atomic E-state index is -0.402. The van der Waals surface area contributed by atoms with Crippen LogP contribution in [0.3, 0.4) is 0 Å². The van der Waals surface area contributed by atoms with Crippen LogP contribution in [0.2, 0.25) is 0 Å². The summed E-state index contributed by atoms with van der Waals surface area (Å²) in [5, 5.41) is 0.720. The maximum atomic E-state index is 14.3. The summed E-state index contributed by atoms with van der Waals surface area (Å²) in [5.41, 5.74) is 2.81. The molecule has 1 heterocycles. The second-order valence-electron chi connectivity index (χ2n) is 8.10. The summed E-state index contributed by atoms with van der Waals surface area (Å²) in [6.07, 6.45) is 0. The summed E-state index contributed by atoms with van der Waals surface area (Å²) < 4.78 is 6.41. The van der Waals surface area contributed by atoms with Crippen molar-refractivity contribution in [2.75, 3.05) is 38.2 Å². The van der Waals surface area contributed by atoms with Crippen LogP contribution in [-0.4, -0.2) is 49.1 Å². The van der Waals surface area contributed by atoms with E-state index in [-0.39, 0.29) is 18.3 Å². The molecule has 0 saturated carbocycles. The average molecular weight is 510 g/mol. The molecule has 5 nitrogen and oxygen atoms in total. The Balaban J connectivity index is 0.00000342. The van der Waals surface area contributed by atoms with Gasteiger partial charge in [0.15, 0.2) is 5.13 Å². The first kappa shape index (κ1) is 26.7. The molecular formula is C28H32ClN3O2S. The highest BCUT2D eigenvalue weighted by molar-refractivity contribution is 7.22. The van der Waals surface area contributed by atoms with E-state index in [1.165, 1.54) is 0 Å². The monoisotopic (exact) mass is 509 g/mol. The maximum Gasteiger partial charge on any atom is 0.240 e. The fourth-order valence-electron chi connectivity index (χ4n) is 4.14. The van der Waals surface area contributed by atoms with Crippen molar-refractivity contribution in [1.82, 2.24) is 9.88 Å². The van der Waals surface area contributed by atoms with Gasteiger partial charge in [-0.25, -0.2) is 4.98 Å². The number of benzene rings is 3. The standard InChI is InChI=1S/C28H31N3O2S.ClH/c1-4-30(5-2)18-19-31(28-29-24-20-23(33-3)16-17-25(24)34-28)27(32)26(21-12-8-6-9-13-21)22-14-10-7-11-15-22;/h6-17,20,26H,4-5,18-19H2,1-3H3;1H. The van der Waals surface area contributed by atoms with Gasteiger partial charge in [0.1, 0.15) is 5.75 Å². The van der Waals surface area contributed by atoms with Crippen molar-refractivity contribution in [1.29, 1.82) is 0 Å². The molecule has 0 saturated heterocycles. The van der Waals surface area contributed by atoms with Gasteiger partial charge in [0.2, 0.25) is 5.91 Å². The molecule has 0 aliphatic heterocycles. The number of hydrogen-bond acceptors (Lipinski definition) is 5. The summed E-state index contributed by atoms with van der Waals surface area (Å²) >= 11 is 1.55. The number of carbonyl (C=O) groups is 1. The van der Waals surface area contributed by atoms with Crippen molar-refractivity contribution in [3.8, 4) is 5.75 Å². The molecule has 35 heavy (non-hydrogen) atoms. The van der Waals surface area contributed by atoms with Crippen LogP contribution in [0, 0.1) is 0 Å². The molecule has 0 atom stereocenters. The quantitative estimate of drug-likeness (QED) is 0.254. The number of anilines is 1. The van der Waals surface area contributed by atoms with E-state index < -0.39 is 5.92 Å². The molecule has 0 aliphatic rings. The molecule has 184 valence electrons. The van der Waals surface area contributed by atoms with E-state index in [0.29, 0.717) is 6.54 Å². The number of likely N-dealkylation sites (N-methyl/N-ethyl adjacent to an activating group) is 1. The predicted octanol–water partition coefficient (Wildman–Crippen LogP) is 6.23. The Labute approximate surface area is 217 Å². The third-order valence-corrected chi connectivity index (χ3v) is 7.19. The molecule has 0 N–H and O–H groups in total. The van der Waals surface area contributed by atoms with Gasteiger partial charge in [-0.2, -0.15) is 0 Å². The van der Waals surface area contributed by atoms with Gasteiger partial charge >= 0.3 is 0 Å². The fourth-order valence-corrected chi connectivity index (χ4v) is 5.12. The number of aromatic nitrogens is 1. The van der Waals surface area contributed by atoms with E-state index in [1.54, 1.807) is 18.4 Å². The molecule has 0 spiro atoms. The van der Waals surface area contributed by atoms with Crippen LogP contribution in [0.4, 0.5) is 5.13 Å². The number of rotatable bonds is 10. The lowest BCUT2D eigenvalue weighted by Crippen LogP contribution is -2.41. The van der Waals surface area contributed by atoms with Gasteiger partial charge in [-0.3, -0.25) is 9.69 Å².